The quantitative estimate of drug-likeness (QED) is 0.370. The molecule has 152 valence electrons. The molecule has 5 heteroatoms. The van der Waals surface area contributed by atoms with Gasteiger partial charge in [0.1, 0.15) is 0 Å². The van der Waals surface area contributed by atoms with E-state index in [0.717, 1.165) is 0 Å². The zero-order valence-corrected chi connectivity index (χ0v) is 19.8. The van der Waals surface area contributed by atoms with Gasteiger partial charge in [-0.3, -0.25) is 0 Å². The van der Waals surface area contributed by atoms with Crippen LogP contribution in [0.2, 0.25) is 0 Å². The van der Waals surface area contributed by atoms with Crippen LogP contribution in [0.1, 0.15) is 30.7 Å². The predicted molar refractivity (Wildman–Crippen MR) is 116 cm³/mol. The molecule has 2 aliphatic carbocycles. The minimum Gasteiger partial charge on any atom is -1.00 e. The van der Waals surface area contributed by atoms with Crippen LogP contribution in [-0.4, -0.2) is 9.13 Å². The van der Waals surface area contributed by atoms with E-state index in [2.05, 4.69) is 119 Å². The van der Waals surface area contributed by atoms with E-state index in [0.29, 0.717) is 8.45 Å². The summed E-state index contributed by atoms with van der Waals surface area (Å²) in [7, 11) is 0. The van der Waals surface area contributed by atoms with E-state index in [1.807, 2.05) is 0 Å². The van der Waals surface area contributed by atoms with E-state index in [1.165, 1.54) is 33.6 Å². The maximum Gasteiger partial charge on any atom is -1.00 e. The summed E-state index contributed by atoms with van der Waals surface area (Å²) in [5.41, 5.74) is 8.59. The number of hydrogen-bond acceptors (Lipinski definition) is 0. The number of benzene rings is 2. The van der Waals surface area contributed by atoms with Gasteiger partial charge in [-0.15, -0.1) is 0 Å². The van der Waals surface area contributed by atoms with Gasteiger partial charge in [0.15, 0.2) is 0 Å². The topological polar surface area (TPSA) is 9.86 Å². The smallest absolute Gasteiger partial charge is 1.00 e. The summed E-state index contributed by atoms with van der Waals surface area (Å²) in [6.45, 7) is 0. The molecular weight excluding hydrogens is 459 g/mol. The summed E-state index contributed by atoms with van der Waals surface area (Å²) in [6, 6.07) is 26.4. The average molecular weight is 479 g/mol. The van der Waals surface area contributed by atoms with Crippen LogP contribution in [0.3, 0.4) is 0 Å². The van der Waals surface area contributed by atoms with E-state index < -0.39 is 19.2 Å². The van der Waals surface area contributed by atoms with Crippen molar-refractivity contribution in [2.75, 3.05) is 0 Å². The van der Waals surface area contributed by atoms with E-state index in [-0.39, 0.29) is 24.8 Å². The fourth-order valence-corrected chi connectivity index (χ4v) is 7.75. The Morgan fingerprint density at radius 1 is 0.516 bits per heavy atom. The zero-order chi connectivity index (χ0) is 19.2. The Labute approximate surface area is 204 Å². The first-order chi connectivity index (χ1) is 14.4. The fraction of sp³-hybridized carbons (Fsp3) is 0.0769. The molecule has 2 heterocycles. The largest absolute Gasteiger partial charge is 1.00 e. The number of halogens is 2. The number of hydrogen-bond donors (Lipinski definition) is 0. The number of allylic oxidation sites excluding steroid dienone is 2. The minimum absolute atomic E-state index is 0. The number of aromatic nitrogens is 2. The Morgan fingerprint density at radius 2 is 0.903 bits per heavy atom. The molecule has 0 N–H and O–H groups in total. The molecule has 0 amide bonds. The molecule has 2 unspecified atom stereocenters. The molecular formula is C26H20Cl2N2Ti. The maximum atomic E-state index is 2.39. The van der Waals surface area contributed by atoms with Gasteiger partial charge in [0.2, 0.25) is 0 Å². The van der Waals surface area contributed by atoms with Crippen molar-refractivity contribution in [2.45, 2.75) is 8.45 Å². The summed E-state index contributed by atoms with van der Waals surface area (Å²) in [5.74, 6) is 0. The van der Waals surface area contributed by atoms with Gasteiger partial charge in [-0.2, -0.15) is 0 Å². The van der Waals surface area contributed by atoms with E-state index >= 15 is 0 Å². The summed E-state index contributed by atoms with van der Waals surface area (Å²) in [6.07, 6.45) is 13.5. The second kappa shape index (κ2) is 9.10. The molecule has 2 atom stereocenters. The minimum atomic E-state index is -0.408. The molecule has 0 radical (unpaired) electrons. The summed E-state index contributed by atoms with van der Waals surface area (Å²) in [5, 5.41) is 0. The van der Waals surface area contributed by atoms with Crippen LogP contribution in [0.25, 0.3) is 23.5 Å². The number of nitrogens with zero attached hydrogens (tertiary/aromatic N) is 2. The molecule has 2 aliphatic rings. The molecule has 0 saturated carbocycles. The van der Waals surface area contributed by atoms with Gasteiger partial charge < -0.3 is 24.8 Å². The summed E-state index contributed by atoms with van der Waals surface area (Å²) in [4.78, 5) is 0. The molecule has 31 heavy (non-hydrogen) atoms. The molecule has 6 rings (SSSR count). The maximum absolute atomic E-state index is 2.39. The van der Waals surface area contributed by atoms with Crippen LogP contribution in [0.5, 0.6) is 0 Å². The third-order valence-electron chi connectivity index (χ3n) is 5.95. The van der Waals surface area contributed by atoms with Crippen molar-refractivity contribution in [3.63, 3.8) is 0 Å². The molecule has 0 fully saturated rings. The average Bonchev–Trinajstić information content (AvgIpc) is 3.55. The summed E-state index contributed by atoms with van der Waals surface area (Å²) < 4.78 is 5.62. The van der Waals surface area contributed by atoms with Gasteiger partial charge in [-0.1, -0.05) is 0 Å². The first-order valence-corrected chi connectivity index (χ1v) is 11.8. The van der Waals surface area contributed by atoms with E-state index in [1.54, 1.807) is 0 Å². The Balaban J connectivity index is 0.00000116. The SMILES string of the molecule is C1=C(n2cccc2)[CH]([Ti+2][CH]2C(n3cccc3)=Cc3ccccc32)c2ccccc21.[Cl-].[Cl-]. The summed E-state index contributed by atoms with van der Waals surface area (Å²) >= 11 is -0.408. The third-order valence-corrected chi connectivity index (χ3v) is 8.89. The third kappa shape index (κ3) is 3.79. The van der Waals surface area contributed by atoms with E-state index in [4.69, 9.17) is 0 Å². The Hall–Kier alpha value is -2.23. The Kier molecular flexibility index (Phi) is 6.45. The van der Waals surface area contributed by atoms with Crippen LogP contribution in [0, 0.1) is 0 Å². The van der Waals surface area contributed by atoms with Crippen LogP contribution in [-0.2, 0) is 19.2 Å². The van der Waals surface area contributed by atoms with Gasteiger partial charge in [0, 0.05) is 0 Å². The normalized spacial score (nSPS) is 18.1. The van der Waals surface area contributed by atoms with Crippen LogP contribution >= 0.6 is 0 Å². The van der Waals surface area contributed by atoms with Gasteiger partial charge >= 0.3 is 180 Å². The van der Waals surface area contributed by atoms with E-state index in [9.17, 15) is 0 Å². The van der Waals surface area contributed by atoms with Crippen LogP contribution in [0.15, 0.2) is 97.6 Å². The first kappa shape index (κ1) is 22.0. The second-order valence-electron chi connectivity index (χ2n) is 7.61. The molecule has 0 bridgehead atoms. The first-order valence-electron chi connectivity index (χ1n) is 10.0. The van der Waals surface area contributed by atoms with Crippen molar-refractivity contribution in [1.82, 2.24) is 9.13 Å². The van der Waals surface area contributed by atoms with Gasteiger partial charge in [0.05, 0.1) is 0 Å². The van der Waals surface area contributed by atoms with Crippen molar-refractivity contribution in [3.8, 4) is 0 Å². The Morgan fingerprint density at radius 3 is 1.32 bits per heavy atom. The monoisotopic (exact) mass is 478 g/mol. The van der Waals surface area contributed by atoms with Crippen molar-refractivity contribution >= 4 is 23.5 Å². The van der Waals surface area contributed by atoms with Crippen molar-refractivity contribution < 1.29 is 44.0 Å². The van der Waals surface area contributed by atoms with Crippen molar-refractivity contribution in [1.29, 1.82) is 0 Å². The van der Waals surface area contributed by atoms with Crippen LogP contribution < -0.4 is 24.8 Å². The number of fused-ring (bicyclic) bond motifs is 2. The predicted octanol–water partition coefficient (Wildman–Crippen LogP) is 0.186. The molecule has 0 saturated heterocycles. The molecule has 4 aromatic rings. The zero-order valence-electron chi connectivity index (χ0n) is 16.7. The van der Waals surface area contributed by atoms with Crippen LogP contribution in [0.4, 0.5) is 0 Å². The number of rotatable bonds is 4. The van der Waals surface area contributed by atoms with Gasteiger partial charge in [-0.25, -0.2) is 0 Å². The second-order valence-corrected chi connectivity index (χ2v) is 9.93. The van der Waals surface area contributed by atoms with Gasteiger partial charge in [-0.05, 0) is 0 Å². The standard InChI is InChI=1S/2C13H10N.2ClH.Ti/c2*1-2-6-12-10-13(9-11(12)5-1)14-7-3-4-8-14;;;/h2*1-10H;2*1H;/q;;;;+2/p-2. The molecule has 0 aliphatic heterocycles. The molecule has 2 aromatic heterocycles. The Bertz CT molecular complexity index is 1140. The molecule has 2 nitrogen and oxygen atoms in total. The molecule has 2 aromatic carbocycles. The van der Waals surface area contributed by atoms with Gasteiger partial charge in [0.25, 0.3) is 0 Å². The fourth-order valence-electron chi connectivity index (χ4n) is 4.59. The van der Waals surface area contributed by atoms with Crippen molar-refractivity contribution in [2.24, 2.45) is 0 Å². The molecule has 0 spiro atoms. The van der Waals surface area contributed by atoms with Crippen molar-refractivity contribution in [3.05, 3.63) is 120 Å².